The van der Waals surface area contributed by atoms with Gasteiger partial charge in [0.05, 0.1) is 11.4 Å². The molecule has 1 aliphatic rings. The van der Waals surface area contributed by atoms with E-state index in [1.807, 2.05) is 12.1 Å². The standard InChI is InChI=1S/C11H12N4O/c16-11-9-3-1-2-4-10(9)13-14-15(11)8-5-6-12-7-8/h1-4,8,12H,5-7H2. The van der Waals surface area contributed by atoms with E-state index in [0.29, 0.717) is 10.9 Å². The van der Waals surface area contributed by atoms with Crippen molar-refractivity contribution in [2.24, 2.45) is 0 Å². The molecule has 1 aromatic carbocycles. The average Bonchev–Trinajstić information content (AvgIpc) is 2.83. The third-order valence-corrected chi connectivity index (χ3v) is 2.97. The Hall–Kier alpha value is -1.75. The zero-order chi connectivity index (χ0) is 11.0. The number of benzene rings is 1. The molecule has 2 heterocycles. The monoisotopic (exact) mass is 216 g/mol. The Kier molecular flexibility index (Phi) is 2.18. The van der Waals surface area contributed by atoms with E-state index in [9.17, 15) is 4.79 Å². The largest absolute Gasteiger partial charge is 0.315 e. The van der Waals surface area contributed by atoms with Gasteiger partial charge in [-0.05, 0) is 25.1 Å². The molecule has 82 valence electrons. The van der Waals surface area contributed by atoms with Gasteiger partial charge in [-0.25, -0.2) is 4.68 Å². The van der Waals surface area contributed by atoms with Crippen LogP contribution in [0.25, 0.3) is 10.9 Å². The van der Waals surface area contributed by atoms with E-state index in [2.05, 4.69) is 15.6 Å². The van der Waals surface area contributed by atoms with Crippen molar-refractivity contribution in [1.82, 2.24) is 20.3 Å². The quantitative estimate of drug-likeness (QED) is 0.746. The van der Waals surface area contributed by atoms with Gasteiger partial charge in [0.1, 0.15) is 5.52 Å². The summed E-state index contributed by atoms with van der Waals surface area (Å²) in [5.74, 6) is 0. The summed E-state index contributed by atoms with van der Waals surface area (Å²) in [7, 11) is 0. The molecule has 1 aromatic heterocycles. The smallest absolute Gasteiger partial charge is 0.277 e. The highest BCUT2D eigenvalue weighted by Crippen LogP contribution is 2.12. The maximum Gasteiger partial charge on any atom is 0.277 e. The van der Waals surface area contributed by atoms with E-state index < -0.39 is 0 Å². The van der Waals surface area contributed by atoms with E-state index in [1.165, 1.54) is 4.68 Å². The van der Waals surface area contributed by atoms with Gasteiger partial charge >= 0.3 is 0 Å². The molecule has 1 fully saturated rings. The van der Waals surface area contributed by atoms with Crippen LogP contribution in [0.5, 0.6) is 0 Å². The highest BCUT2D eigenvalue weighted by atomic mass is 16.1. The first-order valence-electron chi connectivity index (χ1n) is 5.41. The summed E-state index contributed by atoms with van der Waals surface area (Å²) in [6.45, 7) is 1.73. The first-order chi connectivity index (χ1) is 7.86. The molecule has 1 aliphatic heterocycles. The first kappa shape index (κ1) is 9.47. The summed E-state index contributed by atoms with van der Waals surface area (Å²) in [6, 6.07) is 7.46. The summed E-state index contributed by atoms with van der Waals surface area (Å²) in [4.78, 5) is 12.1. The third kappa shape index (κ3) is 1.40. The van der Waals surface area contributed by atoms with Crippen LogP contribution in [0.4, 0.5) is 0 Å². The fourth-order valence-electron chi connectivity index (χ4n) is 2.09. The van der Waals surface area contributed by atoms with E-state index in [1.54, 1.807) is 12.1 Å². The van der Waals surface area contributed by atoms with E-state index >= 15 is 0 Å². The predicted molar refractivity (Wildman–Crippen MR) is 60.3 cm³/mol. The Morgan fingerprint density at radius 1 is 1.38 bits per heavy atom. The molecular weight excluding hydrogens is 204 g/mol. The zero-order valence-electron chi connectivity index (χ0n) is 8.76. The van der Waals surface area contributed by atoms with Gasteiger partial charge in [0.15, 0.2) is 0 Å². The molecule has 0 amide bonds. The molecule has 0 spiro atoms. The number of aromatic nitrogens is 3. The molecule has 2 aromatic rings. The van der Waals surface area contributed by atoms with Gasteiger partial charge in [-0.15, -0.1) is 5.10 Å². The van der Waals surface area contributed by atoms with Gasteiger partial charge in [0.2, 0.25) is 0 Å². The molecule has 16 heavy (non-hydrogen) atoms. The van der Waals surface area contributed by atoms with Crippen molar-refractivity contribution in [3.63, 3.8) is 0 Å². The Bertz CT molecular complexity index is 571. The Morgan fingerprint density at radius 3 is 3.06 bits per heavy atom. The van der Waals surface area contributed by atoms with Crippen molar-refractivity contribution >= 4 is 10.9 Å². The molecule has 0 bridgehead atoms. The fraction of sp³-hybridized carbons (Fsp3) is 0.364. The zero-order valence-corrected chi connectivity index (χ0v) is 8.76. The molecule has 1 N–H and O–H groups in total. The van der Waals surface area contributed by atoms with Crippen molar-refractivity contribution in [3.05, 3.63) is 34.6 Å². The predicted octanol–water partition coefficient (Wildman–Crippen LogP) is 0.326. The van der Waals surface area contributed by atoms with Crippen LogP contribution in [0, 0.1) is 0 Å². The Labute approximate surface area is 92.1 Å². The highest BCUT2D eigenvalue weighted by molar-refractivity contribution is 5.76. The second-order valence-corrected chi connectivity index (χ2v) is 4.00. The molecule has 0 aliphatic carbocycles. The van der Waals surface area contributed by atoms with Crippen LogP contribution in [0.2, 0.25) is 0 Å². The van der Waals surface area contributed by atoms with Gasteiger partial charge < -0.3 is 5.32 Å². The topological polar surface area (TPSA) is 59.8 Å². The number of nitrogens with one attached hydrogen (secondary N) is 1. The minimum atomic E-state index is -0.0423. The Morgan fingerprint density at radius 2 is 2.25 bits per heavy atom. The lowest BCUT2D eigenvalue weighted by atomic mass is 10.2. The number of nitrogens with zero attached hydrogens (tertiary/aromatic N) is 3. The molecule has 1 unspecified atom stereocenters. The van der Waals surface area contributed by atoms with Crippen LogP contribution in [-0.2, 0) is 0 Å². The molecule has 5 heteroatoms. The van der Waals surface area contributed by atoms with Crippen LogP contribution in [0.3, 0.4) is 0 Å². The number of hydrogen-bond acceptors (Lipinski definition) is 4. The molecule has 3 rings (SSSR count). The fourth-order valence-corrected chi connectivity index (χ4v) is 2.09. The number of fused-ring (bicyclic) bond motifs is 1. The maximum absolute atomic E-state index is 12.1. The molecule has 1 atom stereocenters. The summed E-state index contributed by atoms with van der Waals surface area (Å²) in [5, 5.41) is 11.9. The second kappa shape index (κ2) is 3.68. The summed E-state index contributed by atoms with van der Waals surface area (Å²) in [5.41, 5.74) is 0.619. The lowest BCUT2D eigenvalue weighted by molar-refractivity contribution is 0.448. The van der Waals surface area contributed by atoms with Crippen LogP contribution in [-0.4, -0.2) is 28.1 Å². The lowest BCUT2D eigenvalue weighted by Gasteiger charge is -2.10. The molecular formula is C11H12N4O. The number of rotatable bonds is 1. The molecule has 5 nitrogen and oxygen atoms in total. The minimum absolute atomic E-state index is 0.0423. The second-order valence-electron chi connectivity index (χ2n) is 4.00. The number of hydrogen-bond donors (Lipinski definition) is 1. The normalized spacial score (nSPS) is 20.4. The van der Waals surface area contributed by atoms with Gasteiger partial charge in [0.25, 0.3) is 5.56 Å². The maximum atomic E-state index is 12.1. The van der Waals surface area contributed by atoms with E-state index in [4.69, 9.17) is 0 Å². The van der Waals surface area contributed by atoms with Gasteiger partial charge in [-0.3, -0.25) is 4.79 Å². The molecule has 0 saturated carbocycles. The van der Waals surface area contributed by atoms with Crippen LogP contribution >= 0.6 is 0 Å². The van der Waals surface area contributed by atoms with Crippen LogP contribution < -0.4 is 10.9 Å². The van der Waals surface area contributed by atoms with Crippen molar-refractivity contribution in [1.29, 1.82) is 0 Å². The van der Waals surface area contributed by atoms with Gasteiger partial charge in [-0.2, -0.15) is 0 Å². The van der Waals surface area contributed by atoms with Crippen LogP contribution in [0.15, 0.2) is 29.1 Å². The summed E-state index contributed by atoms with van der Waals surface area (Å²) >= 11 is 0. The highest BCUT2D eigenvalue weighted by Gasteiger charge is 2.19. The van der Waals surface area contributed by atoms with Crippen LogP contribution in [0.1, 0.15) is 12.5 Å². The summed E-state index contributed by atoms with van der Waals surface area (Å²) < 4.78 is 1.50. The molecule has 0 radical (unpaired) electrons. The van der Waals surface area contributed by atoms with Crippen molar-refractivity contribution in [2.45, 2.75) is 12.5 Å². The van der Waals surface area contributed by atoms with Crippen molar-refractivity contribution in [2.75, 3.05) is 13.1 Å². The van der Waals surface area contributed by atoms with Gasteiger partial charge in [-0.1, -0.05) is 17.3 Å². The van der Waals surface area contributed by atoms with E-state index in [0.717, 1.165) is 19.5 Å². The first-order valence-corrected chi connectivity index (χ1v) is 5.41. The average molecular weight is 216 g/mol. The Balaban J connectivity index is 2.19. The SMILES string of the molecule is O=c1c2ccccc2nnn1C1CCNC1. The van der Waals surface area contributed by atoms with Crippen molar-refractivity contribution in [3.8, 4) is 0 Å². The summed E-state index contributed by atoms with van der Waals surface area (Å²) in [6.07, 6.45) is 0.937. The lowest BCUT2D eigenvalue weighted by Crippen LogP contribution is -2.29. The third-order valence-electron chi connectivity index (χ3n) is 2.97. The minimum Gasteiger partial charge on any atom is -0.315 e. The van der Waals surface area contributed by atoms with E-state index in [-0.39, 0.29) is 11.6 Å². The van der Waals surface area contributed by atoms with Crippen molar-refractivity contribution < 1.29 is 0 Å². The van der Waals surface area contributed by atoms with Gasteiger partial charge in [0, 0.05) is 6.54 Å². The molecule has 1 saturated heterocycles.